The molecule has 2 aliphatic rings. The number of amidine groups is 1. The van der Waals surface area contributed by atoms with Gasteiger partial charge in [0, 0.05) is 18.7 Å². The standard InChI is InChI=1S/C19H20N4S/c24-19(20-16-10-9-14-5-4-6-15(14)13-16)21-18-11-12-23(22-18)17-7-2-1-3-8-17/h1-3,7-10,13H,4-6,11-12H2,(H2,20,21,22,24). The molecule has 1 aliphatic heterocycles. The Balaban J connectivity index is 1.40. The van der Waals surface area contributed by atoms with Crippen LogP contribution in [0.4, 0.5) is 11.4 Å². The first-order valence-corrected chi connectivity index (χ1v) is 8.78. The number of aliphatic imine (C=N–C) groups is 1. The van der Waals surface area contributed by atoms with Crippen molar-refractivity contribution in [3.8, 4) is 0 Å². The number of hydrogen-bond donors (Lipinski definition) is 2. The molecule has 1 heterocycles. The third kappa shape index (κ3) is 3.26. The minimum Gasteiger partial charge on any atom is -0.331 e. The summed E-state index contributed by atoms with van der Waals surface area (Å²) in [7, 11) is 0. The molecule has 1 aliphatic carbocycles. The second-order valence-corrected chi connectivity index (χ2v) is 6.56. The Morgan fingerprint density at radius 3 is 2.75 bits per heavy atom. The lowest BCUT2D eigenvalue weighted by Crippen LogP contribution is -2.33. The molecule has 0 amide bonds. The predicted octanol–water partition coefficient (Wildman–Crippen LogP) is 3.69. The lowest BCUT2D eigenvalue weighted by Gasteiger charge is -2.17. The SMILES string of the molecule is S=C(N=C1CCN(c2ccccc2)N1)Nc1ccc2c(c1)CCC2. The number of hydrogen-bond acceptors (Lipinski definition) is 2. The molecule has 0 radical (unpaired) electrons. The smallest absolute Gasteiger partial charge is 0.198 e. The Labute approximate surface area is 147 Å². The molecule has 0 saturated carbocycles. The number of benzene rings is 2. The zero-order chi connectivity index (χ0) is 16.4. The van der Waals surface area contributed by atoms with Gasteiger partial charge in [0.25, 0.3) is 0 Å². The van der Waals surface area contributed by atoms with Crippen molar-refractivity contribution in [3.63, 3.8) is 0 Å². The molecule has 2 aromatic carbocycles. The van der Waals surface area contributed by atoms with Crippen molar-refractivity contribution >= 4 is 34.5 Å². The van der Waals surface area contributed by atoms with Crippen LogP contribution in [-0.2, 0) is 12.8 Å². The number of anilines is 2. The number of thiocarbonyl (C=S) groups is 1. The average Bonchev–Trinajstić information content (AvgIpc) is 3.24. The van der Waals surface area contributed by atoms with E-state index in [1.165, 1.54) is 30.4 Å². The summed E-state index contributed by atoms with van der Waals surface area (Å²) in [5.74, 6) is 0.900. The maximum atomic E-state index is 5.40. The van der Waals surface area contributed by atoms with Crippen molar-refractivity contribution in [2.45, 2.75) is 25.7 Å². The minimum absolute atomic E-state index is 0.505. The van der Waals surface area contributed by atoms with E-state index in [0.29, 0.717) is 5.11 Å². The third-order valence-electron chi connectivity index (χ3n) is 4.49. The van der Waals surface area contributed by atoms with Crippen LogP contribution in [0.5, 0.6) is 0 Å². The van der Waals surface area contributed by atoms with Crippen LogP contribution >= 0.6 is 12.2 Å². The fourth-order valence-electron chi connectivity index (χ4n) is 3.29. The Kier molecular flexibility index (Phi) is 4.17. The van der Waals surface area contributed by atoms with E-state index in [4.69, 9.17) is 12.2 Å². The number of hydrazine groups is 1. The van der Waals surface area contributed by atoms with Gasteiger partial charge in [0.1, 0.15) is 5.84 Å². The van der Waals surface area contributed by atoms with E-state index < -0.39 is 0 Å². The van der Waals surface area contributed by atoms with Gasteiger partial charge in [-0.05, 0) is 66.9 Å². The third-order valence-corrected chi connectivity index (χ3v) is 4.68. The summed E-state index contributed by atoms with van der Waals surface area (Å²) in [5.41, 5.74) is 8.39. The molecule has 1 fully saturated rings. The van der Waals surface area contributed by atoms with Crippen molar-refractivity contribution in [2.75, 3.05) is 16.9 Å². The van der Waals surface area contributed by atoms with Crippen molar-refractivity contribution in [2.24, 2.45) is 4.99 Å². The van der Waals surface area contributed by atoms with Crippen LogP contribution in [0.15, 0.2) is 53.5 Å². The highest BCUT2D eigenvalue weighted by atomic mass is 32.1. The summed E-state index contributed by atoms with van der Waals surface area (Å²) >= 11 is 5.40. The van der Waals surface area contributed by atoms with Gasteiger partial charge in [-0.1, -0.05) is 24.3 Å². The molecule has 122 valence electrons. The number of para-hydroxylation sites is 1. The van der Waals surface area contributed by atoms with Crippen LogP contribution in [0, 0.1) is 0 Å². The highest BCUT2D eigenvalue weighted by Gasteiger charge is 2.17. The lowest BCUT2D eigenvalue weighted by molar-refractivity contribution is 0.858. The van der Waals surface area contributed by atoms with Crippen LogP contribution in [-0.4, -0.2) is 17.5 Å². The zero-order valence-corrected chi connectivity index (χ0v) is 14.3. The number of fused-ring (bicyclic) bond motifs is 1. The fraction of sp³-hybridized carbons (Fsp3) is 0.263. The summed E-state index contributed by atoms with van der Waals surface area (Å²) in [5, 5.41) is 5.84. The van der Waals surface area contributed by atoms with Gasteiger partial charge in [0.05, 0.1) is 5.69 Å². The molecule has 5 heteroatoms. The summed E-state index contributed by atoms with van der Waals surface area (Å²) < 4.78 is 0. The van der Waals surface area contributed by atoms with Crippen molar-refractivity contribution in [1.29, 1.82) is 0 Å². The molecule has 0 bridgehead atoms. The Morgan fingerprint density at radius 2 is 1.88 bits per heavy atom. The molecule has 2 aromatic rings. The van der Waals surface area contributed by atoms with E-state index in [2.05, 4.69) is 51.1 Å². The van der Waals surface area contributed by atoms with Crippen LogP contribution in [0.3, 0.4) is 0 Å². The topological polar surface area (TPSA) is 39.7 Å². The quantitative estimate of drug-likeness (QED) is 0.821. The van der Waals surface area contributed by atoms with Crippen LogP contribution in [0.1, 0.15) is 24.0 Å². The van der Waals surface area contributed by atoms with Gasteiger partial charge < -0.3 is 5.32 Å². The van der Waals surface area contributed by atoms with E-state index in [1.54, 1.807) is 0 Å². The highest BCUT2D eigenvalue weighted by molar-refractivity contribution is 7.80. The van der Waals surface area contributed by atoms with E-state index >= 15 is 0 Å². The molecule has 1 saturated heterocycles. The normalized spacial score (nSPS) is 17.7. The van der Waals surface area contributed by atoms with E-state index in [0.717, 1.165) is 30.2 Å². The van der Waals surface area contributed by atoms with Crippen molar-refractivity contribution < 1.29 is 0 Å². The molecule has 0 aromatic heterocycles. The van der Waals surface area contributed by atoms with Gasteiger partial charge >= 0.3 is 0 Å². The van der Waals surface area contributed by atoms with Gasteiger partial charge in [0.15, 0.2) is 5.11 Å². The number of nitrogens with one attached hydrogen (secondary N) is 2. The van der Waals surface area contributed by atoms with Gasteiger partial charge in [-0.25, -0.2) is 4.99 Å². The largest absolute Gasteiger partial charge is 0.331 e. The van der Waals surface area contributed by atoms with Crippen LogP contribution in [0.2, 0.25) is 0 Å². The maximum Gasteiger partial charge on any atom is 0.198 e. The van der Waals surface area contributed by atoms with E-state index in [1.807, 2.05) is 18.2 Å². The number of aryl methyl sites for hydroxylation is 2. The molecule has 4 nitrogen and oxygen atoms in total. The van der Waals surface area contributed by atoms with Crippen LogP contribution < -0.4 is 15.8 Å². The molecule has 4 rings (SSSR count). The Morgan fingerprint density at radius 1 is 1.04 bits per heavy atom. The van der Waals surface area contributed by atoms with E-state index in [9.17, 15) is 0 Å². The summed E-state index contributed by atoms with van der Waals surface area (Å²) in [6.45, 7) is 0.893. The van der Waals surface area contributed by atoms with Gasteiger partial charge in [-0.2, -0.15) is 0 Å². The summed E-state index contributed by atoms with van der Waals surface area (Å²) in [4.78, 5) is 4.52. The van der Waals surface area contributed by atoms with Crippen LogP contribution in [0.25, 0.3) is 0 Å². The molecular weight excluding hydrogens is 316 g/mol. The Hall–Kier alpha value is -2.40. The summed E-state index contributed by atoms with van der Waals surface area (Å²) in [6.07, 6.45) is 4.48. The van der Waals surface area contributed by atoms with Gasteiger partial charge in [-0.3, -0.25) is 10.4 Å². The second-order valence-electron chi connectivity index (χ2n) is 6.17. The molecule has 0 atom stereocenters. The van der Waals surface area contributed by atoms with Gasteiger partial charge in [-0.15, -0.1) is 0 Å². The lowest BCUT2D eigenvalue weighted by atomic mass is 10.1. The Bertz CT molecular complexity index is 785. The number of nitrogens with zero attached hydrogens (tertiary/aromatic N) is 2. The highest BCUT2D eigenvalue weighted by Crippen LogP contribution is 2.25. The van der Waals surface area contributed by atoms with Gasteiger partial charge in [0.2, 0.25) is 0 Å². The molecule has 2 N–H and O–H groups in total. The van der Waals surface area contributed by atoms with E-state index in [-0.39, 0.29) is 0 Å². The minimum atomic E-state index is 0.505. The predicted molar refractivity (Wildman–Crippen MR) is 104 cm³/mol. The second kappa shape index (κ2) is 6.61. The first-order chi connectivity index (χ1) is 11.8. The maximum absolute atomic E-state index is 5.40. The first kappa shape index (κ1) is 15.1. The first-order valence-electron chi connectivity index (χ1n) is 8.37. The fourth-order valence-corrected chi connectivity index (χ4v) is 3.52. The monoisotopic (exact) mass is 336 g/mol. The molecule has 0 unspecified atom stereocenters. The van der Waals surface area contributed by atoms with Crippen molar-refractivity contribution in [1.82, 2.24) is 5.43 Å². The molecule has 24 heavy (non-hydrogen) atoms. The van der Waals surface area contributed by atoms with Crippen molar-refractivity contribution in [3.05, 3.63) is 59.7 Å². The molecular formula is C19H20N4S. The molecule has 0 spiro atoms. The summed E-state index contributed by atoms with van der Waals surface area (Å²) in [6, 6.07) is 16.7. The number of rotatable bonds is 2. The average molecular weight is 336 g/mol. The zero-order valence-electron chi connectivity index (χ0n) is 13.5.